The third-order valence-corrected chi connectivity index (χ3v) is 5.08. The van der Waals surface area contributed by atoms with E-state index in [0.717, 1.165) is 45.2 Å². The van der Waals surface area contributed by atoms with Gasteiger partial charge in [0.05, 0.1) is 5.54 Å². The third kappa shape index (κ3) is 2.16. The number of amides is 1. The number of rotatable bonds is 2. The Morgan fingerprint density at radius 2 is 1.61 bits per heavy atom. The maximum atomic E-state index is 12.3. The third-order valence-electron chi connectivity index (χ3n) is 5.08. The Balaban J connectivity index is 1.51. The Morgan fingerprint density at radius 1 is 1.00 bits per heavy atom. The standard InChI is InChI=1S/C14H25N3O/c15-14(6-3-7-14)13(18)17-10-4-12(5-11-17)16-8-1-2-9-16/h12H,1-11,15H2. The lowest BCUT2D eigenvalue weighted by molar-refractivity contribution is -0.141. The molecule has 1 amide bonds. The summed E-state index contributed by atoms with van der Waals surface area (Å²) in [5.74, 6) is 0.216. The van der Waals surface area contributed by atoms with Crippen LogP contribution < -0.4 is 5.73 Å². The van der Waals surface area contributed by atoms with E-state index in [2.05, 4.69) is 4.90 Å². The summed E-state index contributed by atoms with van der Waals surface area (Å²) in [4.78, 5) is 17.0. The molecule has 102 valence electrons. The van der Waals surface area contributed by atoms with Gasteiger partial charge >= 0.3 is 0 Å². The zero-order valence-corrected chi connectivity index (χ0v) is 11.2. The van der Waals surface area contributed by atoms with E-state index in [1.54, 1.807) is 0 Å². The molecule has 0 aromatic carbocycles. The number of piperidine rings is 1. The molecule has 18 heavy (non-hydrogen) atoms. The Bertz CT molecular complexity index is 313. The second-order valence-corrected chi connectivity index (χ2v) is 6.28. The summed E-state index contributed by atoms with van der Waals surface area (Å²) in [6.07, 6.45) is 7.88. The van der Waals surface area contributed by atoms with Crippen LogP contribution in [0.25, 0.3) is 0 Å². The van der Waals surface area contributed by atoms with Crippen LogP contribution >= 0.6 is 0 Å². The summed E-state index contributed by atoms with van der Waals surface area (Å²) in [7, 11) is 0. The van der Waals surface area contributed by atoms with Crippen molar-refractivity contribution < 1.29 is 4.79 Å². The van der Waals surface area contributed by atoms with Gasteiger partial charge in [0.1, 0.15) is 0 Å². The molecule has 2 saturated heterocycles. The highest BCUT2D eigenvalue weighted by atomic mass is 16.2. The van der Waals surface area contributed by atoms with Crippen molar-refractivity contribution in [3.63, 3.8) is 0 Å². The minimum Gasteiger partial charge on any atom is -0.341 e. The maximum absolute atomic E-state index is 12.3. The Labute approximate surface area is 109 Å². The van der Waals surface area contributed by atoms with Gasteiger partial charge in [0.2, 0.25) is 5.91 Å². The molecule has 4 heteroatoms. The van der Waals surface area contributed by atoms with Crippen molar-refractivity contribution in [3.8, 4) is 0 Å². The molecule has 0 spiro atoms. The monoisotopic (exact) mass is 251 g/mol. The lowest BCUT2D eigenvalue weighted by atomic mass is 9.76. The van der Waals surface area contributed by atoms with Crippen molar-refractivity contribution in [2.24, 2.45) is 5.73 Å². The fourth-order valence-corrected chi connectivity index (χ4v) is 3.63. The molecular formula is C14H25N3O. The molecular weight excluding hydrogens is 226 g/mol. The van der Waals surface area contributed by atoms with E-state index in [0.29, 0.717) is 6.04 Å². The van der Waals surface area contributed by atoms with Crippen LogP contribution in [0.1, 0.15) is 44.9 Å². The van der Waals surface area contributed by atoms with Gasteiger partial charge in [-0.15, -0.1) is 0 Å². The molecule has 0 aromatic heterocycles. The van der Waals surface area contributed by atoms with E-state index < -0.39 is 5.54 Å². The molecule has 0 aromatic rings. The molecule has 0 atom stereocenters. The quantitative estimate of drug-likeness (QED) is 0.795. The van der Waals surface area contributed by atoms with Gasteiger partial charge in [-0.05, 0) is 58.0 Å². The van der Waals surface area contributed by atoms with Crippen molar-refractivity contribution in [3.05, 3.63) is 0 Å². The first-order valence-corrected chi connectivity index (χ1v) is 7.51. The van der Waals surface area contributed by atoms with Crippen LogP contribution in [0, 0.1) is 0 Å². The van der Waals surface area contributed by atoms with Crippen LogP contribution in [-0.4, -0.2) is 53.5 Å². The fourth-order valence-electron chi connectivity index (χ4n) is 3.63. The van der Waals surface area contributed by atoms with Gasteiger partial charge in [0.25, 0.3) is 0 Å². The molecule has 2 aliphatic heterocycles. The molecule has 0 bridgehead atoms. The van der Waals surface area contributed by atoms with Crippen LogP contribution in [0.2, 0.25) is 0 Å². The normalized spacial score (nSPS) is 29.3. The summed E-state index contributed by atoms with van der Waals surface area (Å²) in [5.41, 5.74) is 5.63. The maximum Gasteiger partial charge on any atom is 0.242 e. The number of carbonyl (C=O) groups is 1. The number of hydrogen-bond donors (Lipinski definition) is 1. The molecule has 2 heterocycles. The summed E-state index contributed by atoms with van der Waals surface area (Å²) in [6.45, 7) is 4.36. The van der Waals surface area contributed by atoms with E-state index in [9.17, 15) is 4.79 Å². The molecule has 0 unspecified atom stereocenters. The number of carbonyl (C=O) groups excluding carboxylic acids is 1. The Hall–Kier alpha value is -0.610. The van der Waals surface area contributed by atoms with E-state index in [4.69, 9.17) is 5.73 Å². The first-order chi connectivity index (χ1) is 8.69. The first kappa shape index (κ1) is 12.4. The number of nitrogens with zero attached hydrogens (tertiary/aromatic N) is 2. The fraction of sp³-hybridized carbons (Fsp3) is 0.929. The van der Waals surface area contributed by atoms with Crippen LogP contribution in [0.5, 0.6) is 0 Å². The number of hydrogen-bond acceptors (Lipinski definition) is 3. The summed E-state index contributed by atoms with van der Waals surface area (Å²) < 4.78 is 0. The molecule has 1 aliphatic carbocycles. The minimum atomic E-state index is -0.500. The van der Waals surface area contributed by atoms with Crippen molar-refractivity contribution >= 4 is 5.91 Å². The molecule has 2 N–H and O–H groups in total. The number of nitrogens with two attached hydrogens (primary N) is 1. The van der Waals surface area contributed by atoms with Gasteiger partial charge < -0.3 is 15.5 Å². The predicted octanol–water partition coefficient (Wildman–Crippen LogP) is 0.955. The van der Waals surface area contributed by atoms with Crippen LogP contribution in [0.15, 0.2) is 0 Å². The van der Waals surface area contributed by atoms with E-state index in [1.807, 2.05) is 4.90 Å². The van der Waals surface area contributed by atoms with Gasteiger partial charge in [-0.1, -0.05) is 0 Å². The molecule has 3 aliphatic rings. The summed E-state index contributed by atoms with van der Waals surface area (Å²) >= 11 is 0. The molecule has 3 rings (SSSR count). The summed E-state index contributed by atoms with van der Waals surface area (Å²) in [5, 5.41) is 0. The van der Waals surface area contributed by atoms with Crippen LogP contribution in [0.3, 0.4) is 0 Å². The van der Waals surface area contributed by atoms with Crippen LogP contribution in [0.4, 0.5) is 0 Å². The number of likely N-dealkylation sites (tertiary alicyclic amines) is 2. The van der Waals surface area contributed by atoms with Gasteiger partial charge in [0.15, 0.2) is 0 Å². The highest BCUT2D eigenvalue weighted by molar-refractivity contribution is 5.87. The highest BCUT2D eigenvalue weighted by Gasteiger charge is 2.43. The zero-order valence-electron chi connectivity index (χ0n) is 11.2. The van der Waals surface area contributed by atoms with Gasteiger partial charge in [0, 0.05) is 19.1 Å². The topological polar surface area (TPSA) is 49.6 Å². The van der Waals surface area contributed by atoms with Crippen molar-refractivity contribution in [1.29, 1.82) is 0 Å². The Morgan fingerprint density at radius 3 is 2.11 bits per heavy atom. The smallest absolute Gasteiger partial charge is 0.242 e. The minimum absolute atomic E-state index is 0.216. The molecule has 4 nitrogen and oxygen atoms in total. The van der Waals surface area contributed by atoms with Crippen molar-refractivity contribution in [2.45, 2.75) is 56.5 Å². The molecule has 3 fully saturated rings. The first-order valence-electron chi connectivity index (χ1n) is 7.51. The molecule has 0 radical (unpaired) electrons. The average Bonchev–Trinajstić information content (AvgIpc) is 2.89. The van der Waals surface area contributed by atoms with E-state index >= 15 is 0 Å². The predicted molar refractivity (Wildman–Crippen MR) is 71.2 cm³/mol. The SMILES string of the molecule is NC1(C(=O)N2CCC(N3CCCC3)CC2)CCC1. The second-order valence-electron chi connectivity index (χ2n) is 6.28. The molecule has 1 saturated carbocycles. The van der Waals surface area contributed by atoms with Gasteiger partial charge in [-0.2, -0.15) is 0 Å². The van der Waals surface area contributed by atoms with Crippen molar-refractivity contribution in [1.82, 2.24) is 9.80 Å². The highest BCUT2D eigenvalue weighted by Crippen LogP contribution is 2.32. The summed E-state index contributed by atoms with van der Waals surface area (Å²) in [6, 6.07) is 0.715. The average molecular weight is 251 g/mol. The van der Waals surface area contributed by atoms with Crippen molar-refractivity contribution in [2.75, 3.05) is 26.2 Å². The van der Waals surface area contributed by atoms with E-state index in [1.165, 1.54) is 25.9 Å². The lowest BCUT2D eigenvalue weighted by Crippen LogP contribution is -2.61. The van der Waals surface area contributed by atoms with Gasteiger partial charge in [-0.25, -0.2) is 0 Å². The van der Waals surface area contributed by atoms with Gasteiger partial charge in [-0.3, -0.25) is 4.79 Å². The zero-order chi connectivity index (χ0) is 12.6. The second kappa shape index (κ2) is 4.82. The largest absolute Gasteiger partial charge is 0.341 e. The Kier molecular flexibility index (Phi) is 3.32. The lowest BCUT2D eigenvalue weighted by Gasteiger charge is -2.43. The van der Waals surface area contributed by atoms with E-state index in [-0.39, 0.29) is 5.91 Å². The van der Waals surface area contributed by atoms with Crippen LogP contribution in [-0.2, 0) is 4.79 Å².